The zero-order valence-electron chi connectivity index (χ0n) is 9.96. The van der Waals surface area contributed by atoms with E-state index in [4.69, 9.17) is 10.5 Å². The van der Waals surface area contributed by atoms with E-state index in [2.05, 4.69) is 0 Å². The Hall–Kier alpha value is -1.88. The van der Waals surface area contributed by atoms with E-state index in [0.29, 0.717) is 37.4 Å². The first-order valence-corrected chi connectivity index (χ1v) is 5.79. The van der Waals surface area contributed by atoms with Crippen molar-refractivity contribution >= 4 is 11.8 Å². The van der Waals surface area contributed by atoms with Gasteiger partial charge >= 0.3 is 0 Å². The third-order valence-electron chi connectivity index (χ3n) is 2.83. The van der Waals surface area contributed by atoms with E-state index in [1.165, 1.54) is 6.42 Å². The van der Waals surface area contributed by atoms with Gasteiger partial charge < -0.3 is 15.4 Å². The van der Waals surface area contributed by atoms with Gasteiger partial charge in [0, 0.05) is 18.7 Å². The maximum Gasteiger partial charge on any atom is 0.249 e. The number of carbonyl (C=O) groups excluding carboxylic acids is 2. The third kappa shape index (κ3) is 2.87. The molecule has 0 atom stereocenters. The Morgan fingerprint density at radius 1 is 1.22 bits per heavy atom. The number of primary amides is 1. The lowest BCUT2D eigenvalue weighted by Gasteiger charge is -2.26. The second-order valence-corrected chi connectivity index (χ2v) is 4.03. The summed E-state index contributed by atoms with van der Waals surface area (Å²) in [5.74, 6) is -0.649. The van der Waals surface area contributed by atoms with Crippen molar-refractivity contribution in [3.8, 4) is 0 Å². The molecule has 1 fully saturated rings. The Morgan fingerprint density at radius 2 is 1.89 bits per heavy atom. The molecule has 0 aliphatic carbocycles. The molecular weight excluding hydrogens is 232 g/mol. The van der Waals surface area contributed by atoms with Crippen molar-refractivity contribution in [2.24, 2.45) is 5.73 Å². The zero-order chi connectivity index (χ0) is 13.0. The molecule has 95 valence electrons. The SMILES string of the molecule is NC(=O)c1ccccc1[CH]C(=O)N1CCOCC1. The predicted octanol–water partition coefficient (Wildman–Crippen LogP) is 0.197. The second-order valence-electron chi connectivity index (χ2n) is 4.03. The average Bonchev–Trinajstić information content (AvgIpc) is 2.40. The van der Waals surface area contributed by atoms with E-state index in [1.807, 2.05) is 0 Å². The van der Waals surface area contributed by atoms with Crippen LogP contribution in [0.3, 0.4) is 0 Å². The maximum atomic E-state index is 12.0. The van der Waals surface area contributed by atoms with Crippen molar-refractivity contribution in [3.05, 3.63) is 41.8 Å². The fraction of sp³-hybridized carbons (Fsp3) is 0.308. The van der Waals surface area contributed by atoms with Crippen LogP contribution >= 0.6 is 0 Å². The number of morpholine rings is 1. The minimum Gasteiger partial charge on any atom is -0.378 e. The summed E-state index contributed by atoms with van der Waals surface area (Å²) in [5.41, 5.74) is 6.18. The van der Waals surface area contributed by atoms with Gasteiger partial charge in [0.2, 0.25) is 11.8 Å². The summed E-state index contributed by atoms with van der Waals surface area (Å²) in [6.45, 7) is 2.26. The van der Waals surface area contributed by atoms with Crippen LogP contribution in [0.15, 0.2) is 24.3 Å². The molecule has 1 radical (unpaired) electrons. The largest absolute Gasteiger partial charge is 0.378 e. The van der Waals surface area contributed by atoms with Gasteiger partial charge in [-0.15, -0.1) is 0 Å². The highest BCUT2D eigenvalue weighted by Crippen LogP contribution is 2.12. The van der Waals surface area contributed by atoms with E-state index < -0.39 is 5.91 Å². The monoisotopic (exact) mass is 247 g/mol. The number of amides is 2. The summed E-state index contributed by atoms with van der Waals surface area (Å²) in [7, 11) is 0. The van der Waals surface area contributed by atoms with Crippen LogP contribution in [0, 0.1) is 6.42 Å². The van der Waals surface area contributed by atoms with Gasteiger partial charge in [-0.3, -0.25) is 9.59 Å². The van der Waals surface area contributed by atoms with Gasteiger partial charge in [-0.25, -0.2) is 0 Å². The number of benzene rings is 1. The molecule has 5 heteroatoms. The van der Waals surface area contributed by atoms with Crippen LogP contribution < -0.4 is 5.73 Å². The van der Waals surface area contributed by atoms with E-state index in [9.17, 15) is 9.59 Å². The standard InChI is InChI=1S/C13H15N2O3/c14-13(17)11-4-2-1-3-10(11)9-12(16)15-5-7-18-8-6-15/h1-4,9H,5-8H2,(H2,14,17). The lowest BCUT2D eigenvalue weighted by atomic mass is 10.0. The number of nitrogens with zero attached hydrogens (tertiary/aromatic N) is 1. The van der Waals surface area contributed by atoms with Crippen LogP contribution in [-0.4, -0.2) is 43.0 Å². The van der Waals surface area contributed by atoms with Gasteiger partial charge in [0.05, 0.1) is 19.6 Å². The summed E-state index contributed by atoms with van der Waals surface area (Å²) < 4.78 is 5.18. The maximum absolute atomic E-state index is 12.0. The average molecular weight is 247 g/mol. The number of rotatable bonds is 3. The van der Waals surface area contributed by atoms with Crippen molar-refractivity contribution in [1.82, 2.24) is 4.90 Å². The highest BCUT2D eigenvalue weighted by atomic mass is 16.5. The van der Waals surface area contributed by atoms with E-state index in [1.54, 1.807) is 29.2 Å². The quantitative estimate of drug-likeness (QED) is 0.829. The molecule has 2 rings (SSSR count). The van der Waals surface area contributed by atoms with Gasteiger partial charge in [0.25, 0.3) is 0 Å². The Kier molecular flexibility index (Phi) is 3.94. The van der Waals surface area contributed by atoms with E-state index >= 15 is 0 Å². The summed E-state index contributed by atoms with van der Waals surface area (Å²) >= 11 is 0. The van der Waals surface area contributed by atoms with Gasteiger partial charge in [-0.2, -0.15) is 0 Å². The Bertz CT molecular complexity index is 453. The Morgan fingerprint density at radius 3 is 2.56 bits per heavy atom. The van der Waals surface area contributed by atoms with Crippen molar-refractivity contribution in [2.75, 3.05) is 26.3 Å². The molecule has 1 aromatic carbocycles. The summed E-state index contributed by atoms with van der Waals surface area (Å²) in [4.78, 5) is 24.9. The predicted molar refractivity (Wildman–Crippen MR) is 65.8 cm³/mol. The van der Waals surface area contributed by atoms with Gasteiger partial charge in [-0.1, -0.05) is 18.2 Å². The van der Waals surface area contributed by atoms with Gasteiger partial charge in [0.1, 0.15) is 0 Å². The highest BCUT2D eigenvalue weighted by Gasteiger charge is 2.19. The Labute approximate surface area is 106 Å². The minimum atomic E-state index is -0.531. The fourth-order valence-electron chi connectivity index (χ4n) is 1.86. The number of hydrogen-bond acceptors (Lipinski definition) is 3. The first kappa shape index (κ1) is 12.6. The number of carbonyl (C=O) groups is 2. The lowest BCUT2D eigenvalue weighted by Crippen LogP contribution is -2.41. The van der Waals surface area contributed by atoms with E-state index in [-0.39, 0.29) is 5.91 Å². The molecule has 18 heavy (non-hydrogen) atoms. The van der Waals surface area contributed by atoms with Crippen LogP contribution in [0.2, 0.25) is 0 Å². The number of ether oxygens (including phenoxy) is 1. The summed E-state index contributed by atoms with van der Waals surface area (Å²) in [6.07, 6.45) is 1.45. The van der Waals surface area contributed by atoms with Crippen LogP contribution in [0.1, 0.15) is 15.9 Å². The van der Waals surface area contributed by atoms with Crippen molar-refractivity contribution in [3.63, 3.8) is 0 Å². The zero-order valence-corrected chi connectivity index (χ0v) is 9.96. The van der Waals surface area contributed by atoms with Crippen molar-refractivity contribution in [1.29, 1.82) is 0 Å². The minimum absolute atomic E-state index is 0.119. The molecule has 1 saturated heterocycles. The fourth-order valence-corrected chi connectivity index (χ4v) is 1.86. The van der Waals surface area contributed by atoms with E-state index in [0.717, 1.165) is 0 Å². The van der Waals surface area contributed by atoms with Crippen LogP contribution in [0.25, 0.3) is 0 Å². The van der Waals surface area contributed by atoms with Crippen molar-refractivity contribution < 1.29 is 14.3 Å². The van der Waals surface area contributed by atoms with Crippen LogP contribution in [0.4, 0.5) is 0 Å². The molecular formula is C13H15N2O3. The molecule has 1 aliphatic heterocycles. The molecule has 2 amide bonds. The highest BCUT2D eigenvalue weighted by molar-refractivity contribution is 5.98. The number of hydrogen-bond donors (Lipinski definition) is 1. The summed E-state index contributed by atoms with van der Waals surface area (Å²) in [6, 6.07) is 6.81. The van der Waals surface area contributed by atoms with Crippen LogP contribution in [0.5, 0.6) is 0 Å². The third-order valence-corrected chi connectivity index (χ3v) is 2.83. The molecule has 1 aromatic rings. The lowest BCUT2D eigenvalue weighted by molar-refractivity contribution is -0.131. The summed E-state index contributed by atoms with van der Waals surface area (Å²) in [5, 5.41) is 0. The molecule has 1 aliphatic rings. The normalized spacial score (nSPS) is 15.4. The van der Waals surface area contributed by atoms with Gasteiger partial charge in [0.15, 0.2) is 0 Å². The molecule has 0 spiro atoms. The van der Waals surface area contributed by atoms with Crippen LogP contribution in [-0.2, 0) is 9.53 Å². The second kappa shape index (κ2) is 5.64. The molecule has 0 bridgehead atoms. The molecule has 2 N–H and O–H groups in total. The molecule has 1 heterocycles. The van der Waals surface area contributed by atoms with Crippen molar-refractivity contribution in [2.45, 2.75) is 0 Å². The molecule has 0 unspecified atom stereocenters. The molecule has 0 saturated carbocycles. The topological polar surface area (TPSA) is 72.6 Å². The Balaban J connectivity index is 2.08. The smallest absolute Gasteiger partial charge is 0.249 e. The van der Waals surface area contributed by atoms with Gasteiger partial charge in [-0.05, 0) is 11.6 Å². The molecule has 0 aromatic heterocycles. The first-order valence-electron chi connectivity index (χ1n) is 5.79. The first-order chi connectivity index (χ1) is 8.68. The number of nitrogens with two attached hydrogens (primary N) is 1. The molecule has 5 nitrogen and oxygen atoms in total.